The maximum absolute atomic E-state index is 7.13. The van der Waals surface area contributed by atoms with Gasteiger partial charge in [0.15, 0.2) is 0 Å². The van der Waals surface area contributed by atoms with Crippen LogP contribution in [0.2, 0.25) is 0 Å². The van der Waals surface area contributed by atoms with Gasteiger partial charge in [-0.15, -0.1) is 0 Å². The van der Waals surface area contributed by atoms with Crippen molar-refractivity contribution in [1.82, 2.24) is 4.57 Å². The first-order chi connectivity index (χ1) is 7.65. The van der Waals surface area contributed by atoms with Crippen LogP contribution in [0.1, 0.15) is 19.8 Å². The molecule has 95 valence electrons. The van der Waals surface area contributed by atoms with E-state index >= 15 is 0 Å². The fraction of sp³-hybridized carbons (Fsp3) is 0.500. The van der Waals surface area contributed by atoms with Crippen LogP contribution in [0.3, 0.4) is 0 Å². The van der Waals surface area contributed by atoms with E-state index in [1.165, 1.54) is 23.6 Å². The van der Waals surface area contributed by atoms with Gasteiger partial charge in [0.2, 0.25) is 6.33 Å². The van der Waals surface area contributed by atoms with Crippen LogP contribution in [0.25, 0.3) is 0 Å². The monoisotopic (exact) mass is 314 g/mol. The second-order valence-corrected chi connectivity index (χ2v) is 3.22. The number of aryl methyl sites for hydroxylation is 2. The first-order valence-electron chi connectivity index (χ1n) is 4.69. The summed E-state index contributed by atoms with van der Waals surface area (Å²) >= 11 is 7.40. The smallest absolute Gasteiger partial charge is 0.696 e. The first kappa shape index (κ1) is 21.4. The van der Waals surface area contributed by atoms with Gasteiger partial charge in [-0.2, -0.15) is 0 Å². The number of unbranched alkanes of at least 4 members (excludes halogenated alkanes) is 1. The van der Waals surface area contributed by atoms with Crippen molar-refractivity contribution in [3.05, 3.63) is 18.7 Å². The van der Waals surface area contributed by atoms with Gasteiger partial charge in [0, 0.05) is 0 Å². The summed E-state index contributed by atoms with van der Waals surface area (Å²) in [6.07, 6.45) is 8.82. The van der Waals surface area contributed by atoms with Crippen molar-refractivity contribution in [3.8, 4) is 10.8 Å². The molecule has 0 aliphatic heterocycles. The topological polar surface area (TPSA) is 56.4 Å². The molecule has 0 atom stereocenters. The number of hydrogen-bond donors (Lipinski definition) is 0. The van der Waals surface area contributed by atoms with E-state index in [-0.39, 0.29) is 16.8 Å². The van der Waals surface area contributed by atoms with Crippen molar-refractivity contribution in [3.63, 3.8) is 0 Å². The molecule has 17 heavy (non-hydrogen) atoms. The zero-order chi connectivity index (χ0) is 12.8. The van der Waals surface area contributed by atoms with Gasteiger partial charge in [-0.25, -0.2) is 19.7 Å². The quantitative estimate of drug-likeness (QED) is 0.477. The largest absolute Gasteiger partial charge is 2.00 e. The van der Waals surface area contributed by atoms with Gasteiger partial charge in [0.05, 0.1) is 13.6 Å². The molecule has 1 radical (unpaired) electrons. The predicted molar refractivity (Wildman–Crippen MR) is 66.5 cm³/mol. The molecule has 0 aliphatic carbocycles. The third-order valence-corrected chi connectivity index (χ3v) is 1.59. The van der Waals surface area contributed by atoms with Gasteiger partial charge in [0.25, 0.3) is 0 Å². The average Bonchev–Trinajstić information content (AvgIpc) is 2.64. The van der Waals surface area contributed by atoms with Crippen LogP contribution in [0.4, 0.5) is 0 Å². The van der Waals surface area contributed by atoms with Crippen LogP contribution in [-0.2, 0) is 55.6 Å². The molecule has 1 aromatic rings. The number of hydrogen-bond acceptors (Lipinski definition) is 4. The van der Waals surface area contributed by atoms with Crippen molar-refractivity contribution in [2.75, 3.05) is 0 Å². The van der Waals surface area contributed by atoms with Gasteiger partial charge in [-0.05, 0) is 6.42 Å². The normalized spacial score (nSPS) is 6.82. The third kappa shape index (κ3) is 17.7. The fourth-order valence-corrected chi connectivity index (χ4v) is 0.975. The summed E-state index contributed by atoms with van der Waals surface area (Å²) in [4.78, 5) is 0. The molecule has 0 N–H and O–H groups in total. The van der Waals surface area contributed by atoms with E-state index in [4.69, 9.17) is 10.5 Å². The Hall–Kier alpha value is -0.864. The van der Waals surface area contributed by atoms with Gasteiger partial charge in [-0.3, -0.25) is 0 Å². The minimum atomic E-state index is 0. The SMILES string of the molecule is CCCCn1cc[n+](C)c1.N#C[S-].N#C[S-].[Co+2]. The van der Waals surface area contributed by atoms with Gasteiger partial charge < -0.3 is 25.3 Å². The molecule has 0 amide bonds. The summed E-state index contributed by atoms with van der Waals surface area (Å²) in [5, 5.41) is 16.9. The molecule has 0 fully saturated rings. The summed E-state index contributed by atoms with van der Waals surface area (Å²) in [5.74, 6) is 0. The molecular formula is C10H15CoN4S2+. The van der Waals surface area contributed by atoms with E-state index in [1.807, 2.05) is 7.05 Å². The molecule has 0 aliphatic rings. The number of rotatable bonds is 3. The van der Waals surface area contributed by atoms with Crippen LogP contribution >= 0.6 is 0 Å². The van der Waals surface area contributed by atoms with Crippen molar-refractivity contribution in [2.45, 2.75) is 26.3 Å². The molecule has 4 nitrogen and oxygen atoms in total. The summed E-state index contributed by atoms with van der Waals surface area (Å²) in [6, 6.07) is 0. The molecule has 0 unspecified atom stereocenters. The van der Waals surface area contributed by atoms with Crippen LogP contribution in [0, 0.1) is 21.3 Å². The summed E-state index contributed by atoms with van der Waals surface area (Å²) in [6.45, 7) is 3.36. The van der Waals surface area contributed by atoms with Gasteiger partial charge >= 0.3 is 16.8 Å². The van der Waals surface area contributed by atoms with E-state index in [0.717, 1.165) is 6.54 Å². The Morgan fingerprint density at radius 3 is 2.06 bits per heavy atom. The summed E-state index contributed by atoms with van der Waals surface area (Å²) in [5.41, 5.74) is 0. The van der Waals surface area contributed by atoms with E-state index in [0.29, 0.717) is 0 Å². The molecule has 1 rings (SSSR count). The van der Waals surface area contributed by atoms with Crippen LogP contribution in [-0.4, -0.2) is 4.57 Å². The van der Waals surface area contributed by atoms with Crippen LogP contribution in [0.15, 0.2) is 18.7 Å². The number of aromatic nitrogens is 2. The molecule has 0 aromatic carbocycles. The van der Waals surface area contributed by atoms with E-state index in [1.54, 1.807) is 0 Å². The number of imidazole rings is 1. The van der Waals surface area contributed by atoms with Crippen molar-refractivity contribution in [1.29, 1.82) is 10.5 Å². The Bertz CT molecular complexity index is 329. The Balaban J connectivity index is -0.000000240. The number of nitrogens with zero attached hydrogens (tertiary/aromatic N) is 4. The predicted octanol–water partition coefficient (Wildman–Crippen LogP) is 1.14. The van der Waals surface area contributed by atoms with Crippen molar-refractivity contribution < 1.29 is 21.3 Å². The van der Waals surface area contributed by atoms with E-state index in [2.05, 4.69) is 60.0 Å². The van der Waals surface area contributed by atoms with Gasteiger partial charge in [0.1, 0.15) is 12.4 Å². The molecule has 1 heterocycles. The van der Waals surface area contributed by atoms with Gasteiger partial charge in [-0.1, -0.05) is 24.1 Å². The Morgan fingerprint density at radius 1 is 1.29 bits per heavy atom. The fourth-order valence-electron chi connectivity index (χ4n) is 0.975. The third-order valence-electron chi connectivity index (χ3n) is 1.59. The molecule has 0 saturated heterocycles. The average molecular weight is 314 g/mol. The second kappa shape index (κ2) is 17.5. The zero-order valence-corrected chi connectivity index (χ0v) is 12.5. The Kier molecular flexibility index (Phi) is 22.1. The minimum absolute atomic E-state index is 0. The Morgan fingerprint density at radius 2 is 1.76 bits per heavy atom. The first-order valence-corrected chi connectivity index (χ1v) is 5.51. The molecule has 0 bridgehead atoms. The summed E-state index contributed by atoms with van der Waals surface area (Å²) in [7, 11) is 2.04. The van der Waals surface area contributed by atoms with Crippen molar-refractivity contribution in [2.24, 2.45) is 7.05 Å². The summed E-state index contributed by atoms with van der Waals surface area (Å²) < 4.78 is 4.28. The molecule has 0 saturated carbocycles. The maximum atomic E-state index is 7.13. The van der Waals surface area contributed by atoms with Crippen molar-refractivity contribution >= 4 is 25.3 Å². The standard InChI is InChI=1S/C8H15N2.2CHNS.Co/c1-3-4-5-10-7-6-9(2)8-10;2*2-1-3;/h6-8H,3-5H2,1-2H3;2*3H;/q+1;;;+2/p-2. The minimum Gasteiger partial charge on any atom is -0.696 e. The number of thiocyanates is 2. The molecular weight excluding hydrogens is 299 g/mol. The van der Waals surface area contributed by atoms with Crippen LogP contribution in [0.5, 0.6) is 0 Å². The maximum Gasteiger partial charge on any atom is 2.00 e. The van der Waals surface area contributed by atoms with E-state index in [9.17, 15) is 0 Å². The van der Waals surface area contributed by atoms with Crippen LogP contribution < -0.4 is 4.57 Å². The zero-order valence-electron chi connectivity index (χ0n) is 9.79. The van der Waals surface area contributed by atoms with E-state index < -0.39 is 0 Å². The second-order valence-electron chi connectivity index (χ2n) is 2.85. The number of nitriles is 2. The molecule has 1 aromatic heterocycles. The molecule has 7 heteroatoms. The molecule has 0 spiro atoms. The Labute approximate surface area is 124 Å².